The van der Waals surface area contributed by atoms with Crippen molar-refractivity contribution >= 4 is 18.3 Å². The van der Waals surface area contributed by atoms with Gasteiger partial charge in [0.25, 0.3) is 5.91 Å². The molecule has 78 valence electrons. The lowest BCUT2D eigenvalue weighted by Crippen LogP contribution is -2.14. The van der Waals surface area contributed by atoms with Crippen molar-refractivity contribution in [3.63, 3.8) is 0 Å². The van der Waals surface area contributed by atoms with Gasteiger partial charge in [-0.3, -0.25) is 4.79 Å². The molecule has 14 heavy (non-hydrogen) atoms. The molecule has 0 spiro atoms. The second-order valence-corrected chi connectivity index (χ2v) is 3.09. The average Bonchev–Trinajstić information content (AvgIpc) is 2.75. The quantitative estimate of drug-likeness (QED) is 0.688. The van der Waals surface area contributed by atoms with Crippen LogP contribution >= 0.6 is 12.4 Å². The lowest BCUT2D eigenvalue weighted by Gasteiger charge is -2.05. The molecule has 1 atom stereocenters. The summed E-state index contributed by atoms with van der Waals surface area (Å²) in [6, 6.07) is 0.306. The molecule has 1 saturated heterocycles. The van der Waals surface area contributed by atoms with Crippen LogP contribution in [0.5, 0.6) is 0 Å². The van der Waals surface area contributed by atoms with Gasteiger partial charge in [-0.15, -0.1) is 17.5 Å². The lowest BCUT2D eigenvalue weighted by molar-refractivity contribution is 0.0995. The standard InChI is InChI=1S/C7H11N5O.ClH/c8-7(13)6-4-12(11-10-6)5-1-2-9-3-5;/h4-5,9H,1-3H2,(H2,8,13);1H. The number of amides is 1. The molecule has 2 rings (SSSR count). The molecule has 1 aromatic rings. The number of primary amides is 1. The van der Waals surface area contributed by atoms with E-state index in [1.165, 1.54) is 0 Å². The maximum Gasteiger partial charge on any atom is 0.270 e. The number of hydrogen-bond donors (Lipinski definition) is 2. The summed E-state index contributed by atoms with van der Waals surface area (Å²) in [7, 11) is 0. The third kappa shape index (κ3) is 2.02. The van der Waals surface area contributed by atoms with Crippen LogP contribution in [0.25, 0.3) is 0 Å². The van der Waals surface area contributed by atoms with Gasteiger partial charge in [-0.25, -0.2) is 4.68 Å². The summed E-state index contributed by atoms with van der Waals surface area (Å²) < 4.78 is 1.69. The summed E-state index contributed by atoms with van der Waals surface area (Å²) in [5, 5.41) is 10.7. The topological polar surface area (TPSA) is 85.8 Å². The van der Waals surface area contributed by atoms with Gasteiger partial charge in [0.1, 0.15) is 0 Å². The number of hydrogen-bond acceptors (Lipinski definition) is 4. The number of aromatic nitrogens is 3. The minimum atomic E-state index is -0.530. The van der Waals surface area contributed by atoms with Crippen molar-refractivity contribution in [3.05, 3.63) is 11.9 Å². The predicted octanol–water partition coefficient (Wildman–Crippen LogP) is -0.667. The fourth-order valence-electron chi connectivity index (χ4n) is 1.43. The first-order valence-corrected chi connectivity index (χ1v) is 4.20. The third-order valence-corrected chi connectivity index (χ3v) is 2.17. The minimum Gasteiger partial charge on any atom is -0.364 e. The SMILES string of the molecule is Cl.NC(=O)c1cn(C2CCNC2)nn1. The summed E-state index contributed by atoms with van der Waals surface area (Å²) in [6.45, 7) is 1.86. The molecule has 1 amide bonds. The van der Waals surface area contributed by atoms with Crippen molar-refractivity contribution in [1.82, 2.24) is 20.3 Å². The molecule has 0 aromatic carbocycles. The first-order chi connectivity index (χ1) is 6.27. The van der Waals surface area contributed by atoms with E-state index in [0.29, 0.717) is 6.04 Å². The Bertz CT molecular complexity index is 320. The monoisotopic (exact) mass is 217 g/mol. The van der Waals surface area contributed by atoms with Crippen molar-refractivity contribution < 1.29 is 4.79 Å². The average molecular weight is 218 g/mol. The summed E-state index contributed by atoms with van der Waals surface area (Å²) in [5.41, 5.74) is 5.28. The Labute approximate surface area is 87.2 Å². The van der Waals surface area contributed by atoms with Crippen LogP contribution in [0.3, 0.4) is 0 Å². The van der Waals surface area contributed by atoms with Gasteiger partial charge < -0.3 is 11.1 Å². The van der Waals surface area contributed by atoms with E-state index in [2.05, 4.69) is 15.6 Å². The molecule has 1 aromatic heterocycles. The first-order valence-electron chi connectivity index (χ1n) is 4.20. The minimum absolute atomic E-state index is 0. The molecular weight excluding hydrogens is 206 g/mol. The number of nitrogens with zero attached hydrogens (tertiary/aromatic N) is 3. The Kier molecular flexibility index (Phi) is 3.43. The number of carbonyl (C=O) groups excluding carboxylic acids is 1. The smallest absolute Gasteiger partial charge is 0.270 e. The number of nitrogens with two attached hydrogens (primary N) is 1. The Hall–Kier alpha value is -1.14. The van der Waals surface area contributed by atoms with Gasteiger partial charge in [0.2, 0.25) is 0 Å². The molecule has 3 N–H and O–H groups in total. The van der Waals surface area contributed by atoms with Crippen molar-refractivity contribution in [2.24, 2.45) is 5.73 Å². The molecule has 1 aliphatic heterocycles. The second-order valence-electron chi connectivity index (χ2n) is 3.09. The Morgan fingerprint density at radius 2 is 2.50 bits per heavy atom. The van der Waals surface area contributed by atoms with E-state index in [-0.39, 0.29) is 18.1 Å². The molecule has 6 nitrogen and oxygen atoms in total. The van der Waals surface area contributed by atoms with Gasteiger partial charge in [0, 0.05) is 6.54 Å². The first kappa shape index (κ1) is 10.9. The lowest BCUT2D eigenvalue weighted by atomic mass is 10.3. The van der Waals surface area contributed by atoms with Crippen LogP contribution in [0.4, 0.5) is 0 Å². The molecule has 2 heterocycles. The van der Waals surface area contributed by atoms with Gasteiger partial charge in [0.15, 0.2) is 5.69 Å². The van der Waals surface area contributed by atoms with Crippen LogP contribution in [-0.2, 0) is 0 Å². The molecule has 0 bridgehead atoms. The largest absolute Gasteiger partial charge is 0.364 e. The highest BCUT2D eigenvalue weighted by molar-refractivity contribution is 5.90. The summed E-state index contributed by atoms with van der Waals surface area (Å²) in [5.74, 6) is -0.530. The molecule has 0 saturated carbocycles. The van der Waals surface area contributed by atoms with E-state index in [0.717, 1.165) is 19.5 Å². The van der Waals surface area contributed by atoms with E-state index in [1.807, 2.05) is 0 Å². The fourth-order valence-corrected chi connectivity index (χ4v) is 1.43. The fraction of sp³-hybridized carbons (Fsp3) is 0.571. The van der Waals surface area contributed by atoms with Gasteiger partial charge in [-0.1, -0.05) is 5.21 Å². The molecule has 0 aliphatic carbocycles. The Morgan fingerprint density at radius 3 is 3.00 bits per heavy atom. The van der Waals surface area contributed by atoms with E-state index >= 15 is 0 Å². The number of nitrogens with one attached hydrogen (secondary N) is 1. The molecule has 1 fully saturated rings. The molecule has 1 unspecified atom stereocenters. The van der Waals surface area contributed by atoms with Crippen LogP contribution in [0.15, 0.2) is 6.20 Å². The highest BCUT2D eigenvalue weighted by Gasteiger charge is 2.18. The zero-order chi connectivity index (χ0) is 9.26. The summed E-state index contributed by atoms with van der Waals surface area (Å²) in [6.07, 6.45) is 2.61. The van der Waals surface area contributed by atoms with Crippen LogP contribution in [-0.4, -0.2) is 34.0 Å². The van der Waals surface area contributed by atoms with Crippen molar-refractivity contribution in [2.75, 3.05) is 13.1 Å². The molecule has 0 radical (unpaired) electrons. The predicted molar refractivity (Wildman–Crippen MR) is 52.3 cm³/mol. The van der Waals surface area contributed by atoms with Gasteiger partial charge >= 0.3 is 0 Å². The summed E-state index contributed by atoms with van der Waals surface area (Å²) in [4.78, 5) is 10.7. The van der Waals surface area contributed by atoms with Crippen molar-refractivity contribution in [3.8, 4) is 0 Å². The third-order valence-electron chi connectivity index (χ3n) is 2.17. The number of carbonyl (C=O) groups is 1. The number of halogens is 1. The maximum atomic E-state index is 10.7. The molecule has 1 aliphatic rings. The van der Waals surface area contributed by atoms with E-state index < -0.39 is 5.91 Å². The van der Waals surface area contributed by atoms with Crippen molar-refractivity contribution in [1.29, 1.82) is 0 Å². The summed E-state index contributed by atoms with van der Waals surface area (Å²) >= 11 is 0. The highest BCUT2D eigenvalue weighted by Crippen LogP contribution is 2.12. The second kappa shape index (κ2) is 4.39. The van der Waals surface area contributed by atoms with Crippen LogP contribution < -0.4 is 11.1 Å². The Balaban J connectivity index is 0.000000980. The Morgan fingerprint density at radius 1 is 1.71 bits per heavy atom. The normalized spacial score (nSPS) is 20.4. The molecule has 7 heteroatoms. The zero-order valence-corrected chi connectivity index (χ0v) is 8.33. The van der Waals surface area contributed by atoms with Crippen LogP contribution in [0.2, 0.25) is 0 Å². The van der Waals surface area contributed by atoms with Crippen LogP contribution in [0.1, 0.15) is 23.0 Å². The van der Waals surface area contributed by atoms with E-state index in [4.69, 9.17) is 5.73 Å². The zero-order valence-electron chi connectivity index (χ0n) is 7.51. The number of rotatable bonds is 2. The van der Waals surface area contributed by atoms with Crippen molar-refractivity contribution in [2.45, 2.75) is 12.5 Å². The van der Waals surface area contributed by atoms with Gasteiger partial charge in [0.05, 0.1) is 12.2 Å². The van der Waals surface area contributed by atoms with Gasteiger partial charge in [-0.2, -0.15) is 0 Å². The highest BCUT2D eigenvalue weighted by atomic mass is 35.5. The van der Waals surface area contributed by atoms with Gasteiger partial charge in [-0.05, 0) is 13.0 Å². The van der Waals surface area contributed by atoms with E-state index in [9.17, 15) is 4.79 Å². The van der Waals surface area contributed by atoms with Crippen LogP contribution in [0, 0.1) is 0 Å². The van der Waals surface area contributed by atoms with E-state index in [1.54, 1.807) is 10.9 Å². The maximum absolute atomic E-state index is 10.7. The molecular formula is C7H12ClN5O.